The number of hydrogen-bond donors (Lipinski definition) is 0. The average molecular weight is 1090 g/mol. The maximum Gasteiger partial charge on any atom is 0.0464 e. The molecule has 78 heavy (non-hydrogen) atoms. The van der Waals surface area contributed by atoms with Gasteiger partial charge in [0.1, 0.15) is 0 Å². The van der Waals surface area contributed by atoms with Crippen molar-refractivity contribution in [3.8, 4) is 0 Å². The molecule has 1 nitrogen and oxygen atoms in total. The molecule has 0 saturated carbocycles. The van der Waals surface area contributed by atoms with Gasteiger partial charge in [0.25, 0.3) is 0 Å². The number of fused-ring (bicyclic) bond motifs is 9. The van der Waals surface area contributed by atoms with E-state index in [2.05, 4.69) is 205 Å². The van der Waals surface area contributed by atoms with Gasteiger partial charge in [-0.25, -0.2) is 0 Å². The van der Waals surface area contributed by atoms with E-state index in [1.165, 1.54) is 117 Å². The summed E-state index contributed by atoms with van der Waals surface area (Å²) in [5.74, 6) is 0.125. The van der Waals surface area contributed by atoms with Gasteiger partial charge in [0.15, 0.2) is 0 Å². The van der Waals surface area contributed by atoms with Gasteiger partial charge >= 0.3 is 0 Å². The maximum atomic E-state index is 4.94. The lowest BCUT2D eigenvalue weighted by molar-refractivity contribution is 0.683. The first-order valence-corrected chi connectivity index (χ1v) is 31.9. The molecule has 2 aliphatic rings. The highest BCUT2D eigenvalue weighted by Crippen LogP contribution is 2.47. The zero-order valence-corrected chi connectivity index (χ0v) is 52.3. The summed E-state index contributed by atoms with van der Waals surface area (Å²) in [4.78, 5) is 8.02. The third-order valence-electron chi connectivity index (χ3n) is 14.7. The fourth-order valence-corrected chi connectivity index (χ4v) is 14.6. The van der Waals surface area contributed by atoms with E-state index in [1.807, 2.05) is 95.9 Å². The number of hydrogen-bond acceptors (Lipinski definition) is 4. The highest BCUT2D eigenvalue weighted by Gasteiger charge is 2.26. The average Bonchev–Trinajstić information content (AvgIpc) is 4.22. The summed E-state index contributed by atoms with van der Waals surface area (Å²) in [5, 5.41) is 11.6. The molecule has 0 bridgehead atoms. The van der Waals surface area contributed by atoms with Crippen LogP contribution in [0.5, 0.6) is 0 Å². The number of thiophene rings is 2. The molecule has 10 rings (SSSR count). The molecule has 2 aliphatic carbocycles. The first-order valence-electron chi connectivity index (χ1n) is 29.1. The van der Waals surface area contributed by atoms with Gasteiger partial charge < -0.3 is 4.90 Å². The minimum absolute atomic E-state index is 0.125. The van der Waals surface area contributed by atoms with Gasteiger partial charge in [-0.3, -0.25) is 0 Å². The predicted octanol–water partition coefficient (Wildman–Crippen LogP) is 25.0. The van der Waals surface area contributed by atoms with E-state index in [9.17, 15) is 0 Å². The van der Waals surface area contributed by atoms with E-state index in [0.717, 1.165) is 55.5 Å². The van der Waals surface area contributed by atoms with Gasteiger partial charge in [0.05, 0.1) is 0 Å². The van der Waals surface area contributed by atoms with Crippen molar-refractivity contribution in [2.45, 2.75) is 135 Å². The van der Waals surface area contributed by atoms with Gasteiger partial charge in [-0.05, 0) is 213 Å². The fourth-order valence-electron chi connectivity index (χ4n) is 11.0. The van der Waals surface area contributed by atoms with Crippen LogP contribution in [-0.4, -0.2) is 6.26 Å². The number of benzene rings is 6. The van der Waals surface area contributed by atoms with E-state index in [-0.39, 0.29) is 5.92 Å². The second kappa shape index (κ2) is 29.2. The second-order valence-corrected chi connectivity index (χ2v) is 21.8. The molecule has 8 aromatic rings. The van der Waals surface area contributed by atoms with E-state index >= 15 is 0 Å². The largest absolute Gasteiger partial charge is 0.314 e. The number of rotatable bonds is 14. The zero-order chi connectivity index (χ0) is 56.6. The zero-order valence-electron chi connectivity index (χ0n) is 49.8. The molecular formula is C74H87NS3. The third kappa shape index (κ3) is 12.3. The van der Waals surface area contributed by atoms with Gasteiger partial charge in [0, 0.05) is 41.8 Å². The lowest BCUT2D eigenvalue weighted by atomic mass is 9.85. The van der Waals surface area contributed by atoms with Crippen LogP contribution in [0.15, 0.2) is 168 Å². The summed E-state index contributed by atoms with van der Waals surface area (Å²) in [6, 6.07) is 35.2. The van der Waals surface area contributed by atoms with E-state index in [0.29, 0.717) is 0 Å². The molecule has 0 saturated heterocycles. The predicted molar refractivity (Wildman–Crippen MR) is 365 cm³/mol. The minimum atomic E-state index is 0.125. The van der Waals surface area contributed by atoms with Crippen LogP contribution in [0.4, 0.5) is 11.4 Å². The molecule has 0 N–H and O–H groups in total. The third-order valence-corrected chi connectivity index (χ3v) is 18.1. The lowest BCUT2D eigenvalue weighted by Gasteiger charge is -2.31. The Kier molecular flexibility index (Phi) is 22.8. The second-order valence-electron chi connectivity index (χ2n) is 18.8. The highest BCUT2D eigenvalue weighted by atomic mass is 32.2. The highest BCUT2D eigenvalue weighted by molar-refractivity contribution is 8.02. The molecule has 0 aliphatic heterocycles. The fraction of sp³-hybridized carbons (Fsp3) is 0.297. The van der Waals surface area contributed by atoms with Crippen LogP contribution in [0, 0.1) is 5.92 Å². The Morgan fingerprint density at radius 3 is 1.95 bits per heavy atom. The van der Waals surface area contributed by atoms with Crippen LogP contribution in [0.25, 0.3) is 82.6 Å². The summed E-state index contributed by atoms with van der Waals surface area (Å²) >= 11 is 5.72. The normalized spacial score (nSPS) is 13.9. The van der Waals surface area contributed by atoms with Crippen molar-refractivity contribution < 1.29 is 0 Å². The number of aryl methyl sites for hydroxylation is 1. The van der Waals surface area contributed by atoms with Crippen LogP contribution in [0.3, 0.4) is 0 Å². The number of anilines is 2. The van der Waals surface area contributed by atoms with Crippen molar-refractivity contribution in [2.75, 3.05) is 11.2 Å². The van der Waals surface area contributed by atoms with Gasteiger partial charge in [-0.1, -0.05) is 192 Å². The Morgan fingerprint density at radius 2 is 1.29 bits per heavy atom. The van der Waals surface area contributed by atoms with Crippen molar-refractivity contribution in [2.24, 2.45) is 5.92 Å². The van der Waals surface area contributed by atoms with Crippen molar-refractivity contribution >= 4 is 128 Å². The van der Waals surface area contributed by atoms with Gasteiger partial charge in [-0.2, -0.15) is 0 Å². The standard InChI is InChI=1S/C66H63NS3.4C2H6/c1-10-19-57-56-22-16-18-24-62(56)70-65(57)63(41(6)12-3)43(8)42(7)37-49(13-4)67(50-32-35-53-46(38-50)28-25-44-26-29-48(40-59(44)53)54-21-15-17-23-60(54)68-9)51-33-36-55-47(39-51)30-27-45-31-34-58-52(14-5)61(20-11-2)69-66(58)64(45)55;4*1-2/h10-13,15,18-21,24-36,38-40,42H,3,8,14,16-17,22-23,37H2,1-2,4-7,9H3;4*1-2H3/b19-10-,20-11-,49-13+,63-41+;;;;. The Morgan fingerprint density at radius 1 is 0.692 bits per heavy atom. The molecular weight excluding hydrogens is 999 g/mol. The van der Waals surface area contributed by atoms with Crippen molar-refractivity contribution in [3.05, 3.63) is 205 Å². The Hall–Kier alpha value is -6.17. The molecule has 4 heteroatoms. The topological polar surface area (TPSA) is 3.24 Å². The first-order chi connectivity index (χ1) is 38.2. The number of allylic oxidation sites excluding steroid dienone is 13. The molecule has 2 heterocycles. The van der Waals surface area contributed by atoms with Crippen LogP contribution in [0.1, 0.15) is 160 Å². The van der Waals surface area contributed by atoms with Crippen LogP contribution < -0.4 is 4.90 Å². The van der Waals surface area contributed by atoms with Crippen LogP contribution in [0.2, 0.25) is 0 Å². The van der Waals surface area contributed by atoms with E-state index < -0.39 is 0 Å². The molecule has 0 radical (unpaired) electrons. The van der Waals surface area contributed by atoms with Crippen LogP contribution >= 0.6 is 34.4 Å². The molecule has 1 atom stereocenters. The van der Waals surface area contributed by atoms with Crippen molar-refractivity contribution in [1.29, 1.82) is 0 Å². The molecule has 0 fully saturated rings. The quantitative estimate of drug-likeness (QED) is 0.0789. The van der Waals surface area contributed by atoms with Crippen molar-refractivity contribution in [3.63, 3.8) is 0 Å². The summed E-state index contributed by atoms with van der Waals surface area (Å²) in [6.45, 7) is 38.5. The molecule has 6 aromatic carbocycles. The molecule has 1 unspecified atom stereocenters. The Bertz CT molecular complexity index is 3640. The number of thioether (sulfide) groups is 1. The number of nitrogens with zero attached hydrogens (tertiary/aromatic N) is 1. The van der Waals surface area contributed by atoms with E-state index in [1.54, 1.807) is 0 Å². The molecule has 0 spiro atoms. The van der Waals surface area contributed by atoms with Gasteiger partial charge in [-0.15, -0.1) is 34.4 Å². The molecule has 406 valence electrons. The SMILES string of the molecule is C=C/C(C)=C(\C(=C)C(C)C/C(=C\C)N(c1ccc2c(ccc3ccc(C4=C(SC)CCC=C4)cc32)c1)c1ccc2c(ccc3ccc4c(CC)c(/C=C\C)sc4c32)c1)c1sc2c(c1/C=C\C)CCC=C2.CC.CC.CC.CC. The molecule has 2 aromatic heterocycles. The molecule has 0 amide bonds. The summed E-state index contributed by atoms with van der Waals surface area (Å²) in [7, 11) is 0. The van der Waals surface area contributed by atoms with Crippen molar-refractivity contribution in [1.82, 2.24) is 0 Å². The summed E-state index contributed by atoms with van der Waals surface area (Å²) in [5.41, 5.74) is 14.0. The van der Waals surface area contributed by atoms with Crippen LogP contribution in [-0.2, 0) is 12.8 Å². The van der Waals surface area contributed by atoms with E-state index in [4.69, 9.17) is 6.58 Å². The first kappa shape index (κ1) is 61.0. The summed E-state index contributed by atoms with van der Waals surface area (Å²) in [6.07, 6.45) is 31.0. The Labute approximate surface area is 483 Å². The smallest absolute Gasteiger partial charge is 0.0464 e. The Balaban J connectivity index is 0.00000118. The monoisotopic (exact) mass is 1090 g/mol. The van der Waals surface area contributed by atoms with Gasteiger partial charge in [0.2, 0.25) is 0 Å². The summed E-state index contributed by atoms with van der Waals surface area (Å²) < 4.78 is 1.38. The maximum absolute atomic E-state index is 4.94. The minimum Gasteiger partial charge on any atom is -0.314 e. The lowest BCUT2D eigenvalue weighted by Crippen LogP contribution is -2.19.